The Balaban J connectivity index is 2.75. The molecule has 8 nitrogen and oxygen atoms in total. The van der Waals surface area contributed by atoms with E-state index < -0.39 is 19.4 Å². The molecule has 1 unspecified atom stereocenters. The minimum atomic E-state index is -3.36. The summed E-state index contributed by atoms with van der Waals surface area (Å²) in [5, 5.41) is 9.86. The van der Waals surface area contributed by atoms with Gasteiger partial charge in [0.05, 0.1) is 25.9 Å². The maximum Gasteiger partial charge on any atom is 0.353 e. The molecular formula is C12H20N3O5P. The largest absolute Gasteiger partial charge is 0.387 e. The fourth-order valence-corrected chi connectivity index (χ4v) is 2.91. The molecule has 0 saturated carbocycles. The number of hydrogen-bond donors (Lipinski definition) is 2. The Hall–Kier alpha value is -1.47. The van der Waals surface area contributed by atoms with Crippen LogP contribution in [0, 0.1) is 0 Å². The van der Waals surface area contributed by atoms with Crippen LogP contribution in [0.25, 0.3) is 0 Å². The summed E-state index contributed by atoms with van der Waals surface area (Å²) in [6.45, 7) is 3.78. The highest BCUT2D eigenvalue weighted by atomic mass is 31.2. The molecule has 1 heterocycles. The second-order valence-electron chi connectivity index (χ2n) is 4.07. The molecule has 0 aromatic carbocycles. The molecule has 0 fully saturated rings. The molecule has 9 heteroatoms. The minimum Gasteiger partial charge on any atom is -0.387 e. The van der Waals surface area contributed by atoms with Crippen LogP contribution in [0.1, 0.15) is 13.8 Å². The van der Waals surface area contributed by atoms with Crippen molar-refractivity contribution >= 4 is 13.4 Å². The highest BCUT2D eigenvalue weighted by molar-refractivity contribution is 7.57. The van der Waals surface area contributed by atoms with Gasteiger partial charge in [0.25, 0.3) is 0 Å². The molecule has 118 valence electrons. The number of nitrogens with zero attached hydrogens (tertiary/aromatic N) is 2. The predicted molar refractivity (Wildman–Crippen MR) is 78.9 cm³/mol. The van der Waals surface area contributed by atoms with Gasteiger partial charge in [-0.3, -0.25) is 9.13 Å². The molecule has 0 spiro atoms. The highest BCUT2D eigenvalue weighted by Gasteiger charge is 2.19. The summed E-state index contributed by atoms with van der Waals surface area (Å²) in [6.07, 6.45) is 1.66. The summed E-state index contributed by atoms with van der Waals surface area (Å²) in [5.74, 6) is 1.30. The third-order valence-electron chi connectivity index (χ3n) is 2.39. The number of nitrogens with two attached hydrogens (primary N) is 1. The Morgan fingerprint density at radius 2 is 2.10 bits per heavy atom. The number of aliphatic hydroxyl groups is 1. The molecular weight excluding hydrogens is 297 g/mol. The van der Waals surface area contributed by atoms with E-state index in [9.17, 15) is 14.5 Å². The molecule has 3 N–H and O–H groups in total. The average molecular weight is 317 g/mol. The third kappa shape index (κ3) is 5.81. The molecule has 0 amide bonds. The van der Waals surface area contributed by atoms with Crippen LogP contribution in [-0.2, 0) is 20.2 Å². The van der Waals surface area contributed by atoms with Gasteiger partial charge in [0.2, 0.25) is 0 Å². The van der Waals surface area contributed by atoms with Crippen LogP contribution in [0.2, 0.25) is 0 Å². The third-order valence-corrected chi connectivity index (χ3v) is 4.16. The number of anilines is 1. The first-order chi connectivity index (χ1) is 9.90. The summed E-state index contributed by atoms with van der Waals surface area (Å²) in [6, 6.07) is 1.45. The first kappa shape index (κ1) is 17.6. The zero-order valence-electron chi connectivity index (χ0n) is 12.0. The summed E-state index contributed by atoms with van der Waals surface area (Å²) in [5.41, 5.74) is 4.80. The minimum absolute atomic E-state index is 0.0408. The molecule has 0 radical (unpaired) electrons. The number of aromatic nitrogens is 2. The summed E-state index contributed by atoms with van der Waals surface area (Å²) >= 11 is 0. The number of hydrogen-bond acceptors (Lipinski definition) is 7. The number of rotatable bonds is 8. The Kier molecular flexibility index (Phi) is 6.77. The van der Waals surface area contributed by atoms with E-state index in [1.165, 1.54) is 28.7 Å². The monoisotopic (exact) mass is 317 g/mol. The lowest BCUT2D eigenvalue weighted by atomic mass is 10.3. The molecule has 21 heavy (non-hydrogen) atoms. The Morgan fingerprint density at radius 3 is 2.62 bits per heavy atom. The van der Waals surface area contributed by atoms with Gasteiger partial charge in [0.15, 0.2) is 0 Å². The van der Waals surface area contributed by atoms with Gasteiger partial charge in [-0.05, 0) is 26.0 Å². The average Bonchev–Trinajstić information content (AvgIpc) is 2.40. The molecule has 1 aromatic rings. The van der Waals surface area contributed by atoms with Gasteiger partial charge in [-0.25, -0.2) is 4.79 Å². The molecule has 0 saturated heterocycles. The van der Waals surface area contributed by atoms with Crippen molar-refractivity contribution in [2.24, 2.45) is 0 Å². The van der Waals surface area contributed by atoms with Crippen LogP contribution >= 0.6 is 7.60 Å². The van der Waals surface area contributed by atoms with E-state index in [1.807, 2.05) is 0 Å². The summed E-state index contributed by atoms with van der Waals surface area (Å²) in [7, 11) is -3.36. The molecule has 1 atom stereocenters. The molecule has 1 rings (SSSR count). The van der Waals surface area contributed by atoms with E-state index in [2.05, 4.69) is 4.98 Å². The molecule has 1 aromatic heterocycles. The van der Waals surface area contributed by atoms with Crippen LogP contribution in [-0.4, -0.2) is 34.0 Å². The second-order valence-corrected chi connectivity index (χ2v) is 5.97. The van der Waals surface area contributed by atoms with Gasteiger partial charge in [0, 0.05) is 12.0 Å². The lowest BCUT2D eigenvalue weighted by Gasteiger charge is -2.14. The van der Waals surface area contributed by atoms with Gasteiger partial charge in [0.1, 0.15) is 5.82 Å². The Morgan fingerprint density at radius 1 is 1.48 bits per heavy atom. The summed E-state index contributed by atoms with van der Waals surface area (Å²) < 4.78 is 23.4. The Labute approximate surface area is 122 Å². The smallest absolute Gasteiger partial charge is 0.353 e. The normalized spacial score (nSPS) is 13.7. The standard InChI is InChI=1S/C12H20N3O5P/c1-3-19-21(18,20-4-2)8-6-10(16)9-15-7-5-11(13)14-12(15)17/h5-8,10,16H,3-4,9H2,1-2H3,(H2,13,14,17). The van der Waals surface area contributed by atoms with Gasteiger partial charge < -0.3 is 19.9 Å². The fourth-order valence-electron chi connectivity index (χ4n) is 1.53. The van der Waals surface area contributed by atoms with E-state index in [-0.39, 0.29) is 25.6 Å². The molecule has 0 aliphatic heterocycles. The van der Waals surface area contributed by atoms with Crippen molar-refractivity contribution in [1.82, 2.24) is 9.55 Å². The van der Waals surface area contributed by atoms with E-state index in [0.29, 0.717) is 0 Å². The van der Waals surface area contributed by atoms with Crippen molar-refractivity contribution in [3.63, 3.8) is 0 Å². The van der Waals surface area contributed by atoms with Crippen LogP contribution in [0.15, 0.2) is 29.0 Å². The highest BCUT2D eigenvalue weighted by Crippen LogP contribution is 2.49. The number of nitrogen functional groups attached to an aromatic ring is 1. The summed E-state index contributed by atoms with van der Waals surface area (Å²) in [4.78, 5) is 15.1. The molecule has 0 aliphatic carbocycles. The Bertz CT molecular complexity index is 577. The lowest BCUT2D eigenvalue weighted by molar-refractivity contribution is 0.197. The maximum absolute atomic E-state index is 12.1. The number of aliphatic hydroxyl groups excluding tert-OH is 1. The molecule has 0 bridgehead atoms. The van der Waals surface area contributed by atoms with Crippen molar-refractivity contribution in [3.05, 3.63) is 34.6 Å². The van der Waals surface area contributed by atoms with Gasteiger partial charge >= 0.3 is 13.3 Å². The van der Waals surface area contributed by atoms with Crippen LogP contribution in [0.5, 0.6) is 0 Å². The van der Waals surface area contributed by atoms with Gasteiger partial charge in [-0.1, -0.05) is 0 Å². The van der Waals surface area contributed by atoms with Gasteiger partial charge in [-0.15, -0.1) is 0 Å². The topological polar surface area (TPSA) is 117 Å². The first-order valence-corrected chi connectivity index (χ1v) is 8.10. The van der Waals surface area contributed by atoms with Gasteiger partial charge in [-0.2, -0.15) is 4.98 Å². The lowest BCUT2D eigenvalue weighted by Crippen LogP contribution is -2.27. The predicted octanol–water partition coefficient (Wildman–Crippen LogP) is 0.966. The van der Waals surface area contributed by atoms with Crippen LogP contribution < -0.4 is 11.4 Å². The quantitative estimate of drug-likeness (QED) is 0.686. The van der Waals surface area contributed by atoms with Crippen molar-refractivity contribution in [1.29, 1.82) is 0 Å². The van der Waals surface area contributed by atoms with E-state index in [1.54, 1.807) is 13.8 Å². The van der Waals surface area contributed by atoms with Crippen LogP contribution in [0.4, 0.5) is 5.82 Å². The maximum atomic E-state index is 12.1. The SMILES string of the molecule is CCOP(=O)(C=CC(O)Cn1ccc(N)nc1=O)OCC. The van der Waals surface area contributed by atoms with Crippen molar-refractivity contribution in [2.75, 3.05) is 18.9 Å². The first-order valence-electron chi connectivity index (χ1n) is 6.49. The van der Waals surface area contributed by atoms with E-state index in [4.69, 9.17) is 14.8 Å². The second kappa shape index (κ2) is 8.09. The van der Waals surface area contributed by atoms with Crippen LogP contribution in [0.3, 0.4) is 0 Å². The van der Waals surface area contributed by atoms with Crippen molar-refractivity contribution < 1.29 is 18.7 Å². The van der Waals surface area contributed by atoms with Crippen molar-refractivity contribution in [3.8, 4) is 0 Å². The van der Waals surface area contributed by atoms with E-state index in [0.717, 1.165) is 0 Å². The fraction of sp³-hybridized carbons (Fsp3) is 0.500. The zero-order chi connectivity index (χ0) is 15.9. The van der Waals surface area contributed by atoms with Crippen molar-refractivity contribution in [2.45, 2.75) is 26.5 Å². The van der Waals surface area contributed by atoms with E-state index >= 15 is 0 Å². The molecule has 0 aliphatic rings. The zero-order valence-corrected chi connectivity index (χ0v) is 12.9.